The maximum absolute atomic E-state index is 13.8. The van der Waals surface area contributed by atoms with Crippen molar-refractivity contribution in [3.63, 3.8) is 0 Å². The summed E-state index contributed by atoms with van der Waals surface area (Å²) in [7, 11) is 0. The van der Waals surface area contributed by atoms with Crippen LogP contribution in [-0.4, -0.2) is 44.2 Å². The number of carbonyl (C=O) groups is 1. The first-order chi connectivity index (χ1) is 12.6. The molecular weight excluding hydrogens is 339 g/mol. The van der Waals surface area contributed by atoms with E-state index in [0.29, 0.717) is 31.0 Å². The Balaban J connectivity index is 1.40. The van der Waals surface area contributed by atoms with E-state index < -0.39 is 0 Å². The lowest BCUT2D eigenvalue weighted by Crippen LogP contribution is -2.40. The van der Waals surface area contributed by atoms with Crippen LogP contribution in [-0.2, 0) is 11.3 Å². The quantitative estimate of drug-likeness (QED) is 0.733. The van der Waals surface area contributed by atoms with Crippen molar-refractivity contribution in [2.75, 3.05) is 18.0 Å². The fourth-order valence-electron chi connectivity index (χ4n) is 3.16. The second-order valence-corrected chi connectivity index (χ2v) is 6.18. The zero-order valence-corrected chi connectivity index (χ0v) is 13.9. The minimum atomic E-state index is -0.379. The SMILES string of the molecule is O=C(Cn1nc2ccccn2c1=O)NC1CCN(c2ncccc2F)C1. The highest BCUT2D eigenvalue weighted by atomic mass is 19.1. The predicted octanol–water partition coefficient (Wildman–Crippen LogP) is 0.425. The third kappa shape index (κ3) is 3.03. The number of hydrogen-bond donors (Lipinski definition) is 1. The average Bonchev–Trinajstić information content (AvgIpc) is 3.21. The zero-order valence-electron chi connectivity index (χ0n) is 13.9. The van der Waals surface area contributed by atoms with Crippen LogP contribution in [0.3, 0.4) is 0 Å². The maximum atomic E-state index is 13.8. The first-order valence-electron chi connectivity index (χ1n) is 8.31. The lowest BCUT2D eigenvalue weighted by molar-refractivity contribution is -0.122. The van der Waals surface area contributed by atoms with E-state index in [1.165, 1.54) is 10.5 Å². The Kier molecular flexibility index (Phi) is 4.11. The second kappa shape index (κ2) is 6.58. The predicted molar refractivity (Wildman–Crippen MR) is 92.4 cm³/mol. The zero-order chi connectivity index (χ0) is 18.1. The molecule has 3 aromatic rings. The van der Waals surface area contributed by atoms with Crippen LogP contribution in [0.25, 0.3) is 5.65 Å². The molecule has 0 aliphatic carbocycles. The average molecular weight is 356 g/mol. The highest BCUT2D eigenvalue weighted by Gasteiger charge is 2.26. The summed E-state index contributed by atoms with van der Waals surface area (Å²) < 4.78 is 16.3. The summed E-state index contributed by atoms with van der Waals surface area (Å²) in [6.45, 7) is 0.919. The van der Waals surface area contributed by atoms with Gasteiger partial charge in [-0.3, -0.25) is 9.20 Å². The van der Waals surface area contributed by atoms with Gasteiger partial charge in [-0.2, -0.15) is 0 Å². The Morgan fingerprint density at radius 3 is 3.00 bits per heavy atom. The van der Waals surface area contributed by atoms with Gasteiger partial charge in [0.1, 0.15) is 6.54 Å². The molecule has 1 aliphatic heterocycles. The molecule has 1 unspecified atom stereocenters. The molecule has 1 saturated heterocycles. The largest absolute Gasteiger partial charge is 0.352 e. The Hall–Kier alpha value is -3.23. The molecule has 0 aromatic carbocycles. The Bertz CT molecular complexity index is 1010. The number of halogens is 1. The number of pyridine rings is 2. The highest BCUT2D eigenvalue weighted by Crippen LogP contribution is 2.20. The van der Waals surface area contributed by atoms with Crippen LogP contribution < -0.4 is 15.9 Å². The molecule has 0 saturated carbocycles. The summed E-state index contributed by atoms with van der Waals surface area (Å²) in [5.41, 5.74) is 0.127. The Morgan fingerprint density at radius 2 is 2.19 bits per heavy atom. The molecule has 0 radical (unpaired) electrons. The smallest absolute Gasteiger partial charge is 0.350 e. The fourth-order valence-corrected chi connectivity index (χ4v) is 3.16. The van der Waals surface area contributed by atoms with Crippen LogP contribution in [0.5, 0.6) is 0 Å². The van der Waals surface area contributed by atoms with Crippen LogP contribution in [0.4, 0.5) is 10.2 Å². The van der Waals surface area contributed by atoms with Crippen molar-refractivity contribution < 1.29 is 9.18 Å². The van der Waals surface area contributed by atoms with E-state index in [1.54, 1.807) is 41.6 Å². The molecule has 1 fully saturated rings. The van der Waals surface area contributed by atoms with E-state index in [-0.39, 0.29) is 30.0 Å². The van der Waals surface area contributed by atoms with E-state index in [4.69, 9.17) is 0 Å². The van der Waals surface area contributed by atoms with Crippen LogP contribution >= 0.6 is 0 Å². The monoisotopic (exact) mass is 356 g/mol. The number of rotatable bonds is 4. The Morgan fingerprint density at radius 1 is 1.31 bits per heavy atom. The lowest BCUT2D eigenvalue weighted by Gasteiger charge is -2.18. The summed E-state index contributed by atoms with van der Waals surface area (Å²) >= 11 is 0. The van der Waals surface area contributed by atoms with Crippen LogP contribution in [0.15, 0.2) is 47.5 Å². The molecule has 1 N–H and O–H groups in total. The van der Waals surface area contributed by atoms with Gasteiger partial charge >= 0.3 is 5.69 Å². The third-order valence-electron chi connectivity index (χ3n) is 4.37. The first kappa shape index (κ1) is 16.2. The van der Waals surface area contributed by atoms with E-state index in [1.807, 2.05) is 0 Å². The number of fused-ring (bicyclic) bond motifs is 1. The minimum absolute atomic E-state index is 0.128. The molecule has 3 aromatic heterocycles. The first-order valence-corrected chi connectivity index (χ1v) is 8.31. The third-order valence-corrected chi connectivity index (χ3v) is 4.37. The van der Waals surface area contributed by atoms with Crippen molar-refractivity contribution in [1.82, 2.24) is 24.5 Å². The topological polar surface area (TPSA) is 84.5 Å². The molecule has 1 atom stereocenters. The fraction of sp³-hybridized carbons (Fsp3) is 0.294. The van der Waals surface area contributed by atoms with E-state index in [0.717, 1.165) is 4.68 Å². The summed E-state index contributed by atoms with van der Waals surface area (Å²) in [6.07, 6.45) is 3.83. The van der Waals surface area contributed by atoms with Gasteiger partial charge in [0, 0.05) is 31.5 Å². The molecule has 1 amide bonds. The standard InChI is InChI=1S/C17H17FN6O2/c18-13-4-3-7-19-16(13)22-9-6-12(10-22)20-15(25)11-24-17(26)23-8-2-1-5-14(23)21-24/h1-5,7-8,12H,6,9-11H2,(H,20,25). The number of hydrogen-bond acceptors (Lipinski definition) is 5. The summed E-state index contributed by atoms with van der Waals surface area (Å²) in [6, 6.07) is 7.98. The van der Waals surface area contributed by atoms with Gasteiger partial charge in [0.25, 0.3) is 0 Å². The summed E-state index contributed by atoms with van der Waals surface area (Å²) in [4.78, 5) is 30.3. The molecule has 0 bridgehead atoms. The highest BCUT2D eigenvalue weighted by molar-refractivity contribution is 5.76. The summed E-state index contributed by atoms with van der Waals surface area (Å²) in [5.74, 6) is -0.389. The van der Waals surface area contributed by atoms with Gasteiger partial charge in [-0.1, -0.05) is 6.07 Å². The van der Waals surface area contributed by atoms with E-state index in [9.17, 15) is 14.0 Å². The number of carbonyl (C=O) groups excluding carboxylic acids is 1. The number of amides is 1. The summed E-state index contributed by atoms with van der Waals surface area (Å²) in [5, 5.41) is 7.02. The van der Waals surface area contributed by atoms with Crippen LogP contribution in [0.1, 0.15) is 6.42 Å². The molecule has 9 heteroatoms. The van der Waals surface area contributed by atoms with Crippen molar-refractivity contribution in [3.8, 4) is 0 Å². The van der Waals surface area contributed by atoms with Crippen molar-refractivity contribution in [3.05, 3.63) is 59.0 Å². The van der Waals surface area contributed by atoms with Crippen LogP contribution in [0.2, 0.25) is 0 Å². The number of anilines is 1. The van der Waals surface area contributed by atoms with Gasteiger partial charge < -0.3 is 10.2 Å². The van der Waals surface area contributed by atoms with Gasteiger partial charge in [-0.05, 0) is 30.7 Å². The van der Waals surface area contributed by atoms with Crippen molar-refractivity contribution in [2.24, 2.45) is 0 Å². The van der Waals surface area contributed by atoms with E-state index >= 15 is 0 Å². The number of nitrogens with zero attached hydrogens (tertiary/aromatic N) is 5. The van der Waals surface area contributed by atoms with Gasteiger partial charge in [-0.15, -0.1) is 5.10 Å². The molecule has 1 aliphatic rings. The van der Waals surface area contributed by atoms with Crippen molar-refractivity contribution >= 4 is 17.4 Å². The van der Waals surface area contributed by atoms with Gasteiger partial charge in [-0.25, -0.2) is 18.9 Å². The number of aromatic nitrogens is 4. The van der Waals surface area contributed by atoms with Gasteiger partial charge in [0.05, 0.1) is 0 Å². The molecule has 134 valence electrons. The Labute approximate surface area is 147 Å². The van der Waals surface area contributed by atoms with E-state index in [2.05, 4.69) is 15.4 Å². The maximum Gasteiger partial charge on any atom is 0.350 e. The molecule has 4 heterocycles. The molecule has 4 rings (SSSR count). The van der Waals surface area contributed by atoms with Crippen molar-refractivity contribution in [1.29, 1.82) is 0 Å². The number of nitrogens with one attached hydrogen (secondary N) is 1. The molecular formula is C17H17FN6O2. The van der Waals surface area contributed by atoms with Gasteiger partial charge in [0.2, 0.25) is 5.91 Å². The van der Waals surface area contributed by atoms with Crippen LogP contribution in [0, 0.1) is 5.82 Å². The second-order valence-electron chi connectivity index (χ2n) is 6.18. The molecule has 26 heavy (non-hydrogen) atoms. The van der Waals surface area contributed by atoms with Crippen molar-refractivity contribution in [2.45, 2.75) is 19.0 Å². The lowest BCUT2D eigenvalue weighted by atomic mass is 10.2. The minimum Gasteiger partial charge on any atom is -0.352 e. The molecule has 8 nitrogen and oxygen atoms in total. The molecule has 0 spiro atoms. The van der Waals surface area contributed by atoms with Gasteiger partial charge in [0.15, 0.2) is 17.3 Å². The normalized spacial score (nSPS) is 17.0.